The maximum absolute atomic E-state index is 12.5. The van der Waals surface area contributed by atoms with Gasteiger partial charge >= 0.3 is 5.97 Å². The van der Waals surface area contributed by atoms with E-state index >= 15 is 0 Å². The fourth-order valence-electron chi connectivity index (χ4n) is 3.22. The first-order valence-corrected chi connectivity index (χ1v) is 9.34. The quantitative estimate of drug-likeness (QED) is 0.672. The second-order valence-electron chi connectivity index (χ2n) is 6.75. The largest absolute Gasteiger partial charge is 0.480 e. The number of carbonyl (C=O) groups is 2. The molecule has 3 atom stereocenters. The van der Waals surface area contributed by atoms with Crippen LogP contribution < -0.4 is 10.6 Å². The number of hydrogen-bond acceptors (Lipinski definition) is 6. The number of nitrogens with one attached hydrogen (secondary N) is 2. The number of ether oxygens (including phenoxy) is 1. The first kappa shape index (κ1) is 19.8. The summed E-state index contributed by atoms with van der Waals surface area (Å²) in [5.74, 6) is -0.820. The summed E-state index contributed by atoms with van der Waals surface area (Å²) in [5.41, 5.74) is 1.44. The van der Waals surface area contributed by atoms with Crippen molar-refractivity contribution in [2.24, 2.45) is 0 Å². The Hall–Kier alpha value is -3.00. The van der Waals surface area contributed by atoms with Crippen molar-refractivity contribution in [3.8, 4) is 0 Å². The third-order valence-electron chi connectivity index (χ3n) is 4.67. The molecule has 2 aromatic rings. The summed E-state index contributed by atoms with van der Waals surface area (Å²) in [5, 5.41) is 14.4. The maximum atomic E-state index is 12.5. The fraction of sp³-hybridized carbons (Fsp3) is 0.400. The Morgan fingerprint density at radius 1 is 1.18 bits per heavy atom. The molecule has 1 amide bonds. The Morgan fingerprint density at radius 3 is 2.54 bits per heavy atom. The predicted molar refractivity (Wildman–Crippen MR) is 103 cm³/mol. The highest BCUT2D eigenvalue weighted by molar-refractivity contribution is 5.94. The summed E-state index contributed by atoms with van der Waals surface area (Å²) in [7, 11) is 0. The normalized spacial score (nSPS) is 21.7. The molecule has 1 aliphatic rings. The van der Waals surface area contributed by atoms with E-state index in [2.05, 4.69) is 27.5 Å². The van der Waals surface area contributed by atoms with Crippen molar-refractivity contribution in [1.29, 1.82) is 0 Å². The van der Waals surface area contributed by atoms with E-state index in [4.69, 9.17) is 9.84 Å². The van der Waals surface area contributed by atoms with E-state index in [-0.39, 0.29) is 36.7 Å². The average molecular weight is 384 g/mol. The summed E-state index contributed by atoms with van der Waals surface area (Å²) in [6.07, 6.45) is 5.29. The zero-order chi connectivity index (χ0) is 19.9. The zero-order valence-corrected chi connectivity index (χ0v) is 15.7. The SMILES string of the molecule is CC[C@H]1C[C@@H](NC(=O)c2ccccc2)C[C@@H](c2cnc(NCC(=O)O)nc2)O1. The smallest absolute Gasteiger partial charge is 0.322 e. The molecule has 1 aromatic heterocycles. The van der Waals surface area contributed by atoms with E-state index in [1.807, 2.05) is 18.2 Å². The number of hydrogen-bond donors (Lipinski definition) is 3. The van der Waals surface area contributed by atoms with E-state index in [0.29, 0.717) is 12.0 Å². The Labute approximate surface area is 163 Å². The number of rotatable bonds is 7. The summed E-state index contributed by atoms with van der Waals surface area (Å²) in [6.45, 7) is 1.81. The van der Waals surface area contributed by atoms with Crippen LogP contribution in [0.1, 0.15) is 48.2 Å². The van der Waals surface area contributed by atoms with Crippen LogP contribution in [0.5, 0.6) is 0 Å². The molecule has 0 unspecified atom stereocenters. The second-order valence-corrected chi connectivity index (χ2v) is 6.75. The van der Waals surface area contributed by atoms with E-state index in [1.54, 1.807) is 24.5 Å². The Bertz CT molecular complexity index is 798. The molecule has 0 radical (unpaired) electrons. The molecule has 3 N–H and O–H groups in total. The molecule has 0 spiro atoms. The van der Waals surface area contributed by atoms with Gasteiger partial charge in [-0.1, -0.05) is 25.1 Å². The van der Waals surface area contributed by atoms with Gasteiger partial charge in [-0.15, -0.1) is 0 Å². The summed E-state index contributed by atoms with van der Waals surface area (Å²) in [4.78, 5) is 31.4. The third kappa shape index (κ3) is 5.26. The van der Waals surface area contributed by atoms with Crippen LogP contribution in [0.4, 0.5) is 5.95 Å². The van der Waals surface area contributed by atoms with Crippen LogP contribution in [-0.2, 0) is 9.53 Å². The van der Waals surface area contributed by atoms with Crippen molar-refractivity contribution >= 4 is 17.8 Å². The van der Waals surface area contributed by atoms with Crippen LogP contribution in [0.3, 0.4) is 0 Å². The minimum atomic E-state index is -0.980. The van der Waals surface area contributed by atoms with Gasteiger partial charge in [-0.3, -0.25) is 9.59 Å². The number of nitrogens with zero attached hydrogens (tertiary/aromatic N) is 2. The highest BCUT2D eigenvalue weighted by Crippen LogP contribution is 2.32. The molecule has 1 aromatic carbocycles. The lowest BCUT2D eigenvalue weighted by molar-refractivity contribution is -0.134. The molecule has 2 heterocycles. The number of aromatic nitrogens is 2. The maximum Gasteiger partial charge on any atom is 0.322 e. The van der Waals surface area contributed by atoms with Crippen LogP contribution >= 0.6 is 0 Å². The molecular weight excluding hydrogens is 360 g/mol. The van der Waals surface area contributed by atoms with Gasteiger partial charge in [-0.05, 0) is 31.4 Å². The molecule has 8 nitrogen and oxygen atoms in total. The first-order valence-electron chi connectivity index (χ1n) is 9.34. The summed E-state index contributed by atoms with van der Waals surface area (Å²) >= 11 is 0. The van der Waals surface area contributed by atoms with Crippen LogP contribution in [0.2, 0.25) is 0 Å². The van der Waals surface area contributed by atoms with Crippen molar-refractivity contribution in [2.45, 2.75) is 44.4 Å². The first-order chi connectivity index (χ1) is 13.5. The fourth-order valence-corrected chi connectivity index (χ4v) is 3.22. The zero-order valence-electron chi connectivity index (χ0n) is 15.7. The van der Waals surface area contributed by atoms with Crippen molar-refractivity contribution in [2.75, 3.05) is 11.9 Å². The van der Waals surface area contributed by atoms with Gasteiger partial charge in [0.1, 0.15) is 6.54 Å². The highest BCUT2D eigenvalue weighted by atomic mass is 16.5. The van der Waals surface area contributed by atoms with Gasteiger partial charge in [0.25, 0.3) is 5.91 Å². The Morgan fingerprint density at radius 2 is 1.89 bits per heavy atom. The molecule has 3 rings (SSSR count). The molecule has 28 heavy (non-hydrogen) atoms. The minimum absolute atomic E-state index is 0.0128. The molecule has 1 saturated heterocycles. The van der Waals surface area contributed by atoms with Gasteiger partial charge in [-0.2, -0.15) is 0 Å². The van der Waals surface area contributed by atoms with Crippen LogP contribution in [0.15, 0.2) is 42.7 Å². The van der Waals surface area contributed by atoms with Gasteiger partial charge in [0.15, 0.2) is 0 Å². The molecule has 0 aliphatic carbocycles. The Balaban J connectivity index is 1.66. The number of benzene rings is 1. The van der Waals surface area contributed by atoms with Crippen LogP contribution in [0.25, 0.3) is 0 Å². The highest BCUT2D eigenvalue weighted by Gasteiger charge is 2.31. The monoisotopic (exact) mass is 384 g/mol. The number of carboxylic acids is 1. The molecule has 0 saturated carbocycles. The van der Waals surface area contributed by atoms with Crippen molar-refractivity contribution < 1.29 is 19.4 Å². The Kier molecular flexibility index (Phi) is 6.54. The van der Waals surface area contributed by atoms with Gasteiger partial charge < -0.3 is 20.5 Å². The summed E-state index contributed by atoms with van der Waals surface area (Å²) < 4.78 is 6.13. The second kappa shape index (κ2) is 9.27. The molecule has 148 valence electrons. The average Bonchev–Trinajstić information content (AvgIpc) is 2.73. The predicted octanol–water partition coefficient (Wildman–Crippen LogP) is 2.40. The summed E-state index contributed by atoms with van der Waals surface area (Å²) in [6, 6.07) is 9.13. The van der Waals surface area contributed by atoms with Gasteiger partial charge in [0.2, 0.25) is 5.95 Å². The van der Waals surface area contributed by atoms with E-state index in [9.17, 15) is 9.59 Å². The number of carbonyl (C=O) groups excluding carboxylic acids is 1. The standard InChI is InChI=1S/C20H24N4O4/c1-2-16-8-15(24-19(27)13-6-4-3-5-7-13)9-17(28-16)14-10-21-20(22-11-14)23-12-18(25)26/h3-7,10-11,15-17H,2,8-9,12H2,1H3,(H,24,27)(H,25,26)(H,21,22,23)/t15-,16+,17+/m1/s1. The number of anilines is 1. The number of amides is 1. The third-order valence-corrected chi connectivity index (χ3v) is 4.67. The van der Waals surface area contributed by atoms with Gasteiger partial charge in [0, 0.05) is 29.6 Å². The lowest BCUT2D eigenvalue weighted by Gasteiger charge is -2.35. The van der Waals surface area contributed by atoms with Crippen LogP contribution in [-0.4, -0.2) is 45.6 Å². The van der Waals surface area contributed by atoms with Gasteiger partial charge in [0.05, 0.1) is 12.2 Å². The lowest BCUT2D eigenvalue weighted by Crippen LogP contribution is -2.43. The van der Waals surface area contributed by atoms with Crippen molar-refractivity contribution in [3.63, 3.8) is 0 Å². The van der Waals surface area contributed by atoms with Crippen molar-refractivity contribution in [1.82, 2.24) is 15.3 Å². The van der Waals surface area contributed by atoms with Crippen LogP contribution in [0, 0.1) is 0 Å². The minimum Gasteiger partial charge on any atom is -0.480 e. The topological polar surface area (TPSA) is 113 Å². The van der Waals surface area contributed by atoms with Crippen molar-refractivity contribution in [3.05, 3.63) is 53.9 Å². The number of aliphatic carboxylic acids is 1. The number of carboxylic acid groups (broad SMARTS) is 1. The van der Waals surface area contributed by atoms with E-state index in [0.717, 1.165) is 18.4 Å². The van der Waals surface area contributed by atoms with E-state index in [1.165, 1.54) is 0 Å². The molecule has 0 bridgehead atoms. The van der Waals surface area contributed by atoms with E-state index < -0.39 is 5.97 Å². The molecule has 8 heteroatoms. The molecule has 1 aliphatic heterocycles. The molecule has 1 fully saturated rings. The molecular formula is C20H24N4O4. The lowest BCUT2D eigenvalue weighted by atomic mass is 9.94. The van der Waals surface area contributed by atoms with Gasteiger partial charge in [-0.25, -0.2) is 9.97 Å².